The van der Waals surface area contributed by atoms with Crippen LogP contribution in [0.4, 0.5) is 0 Å². The molecule has 1 fully saturated rings. The fourth-order valence-electron chi connectivity index (χ4n) is 4.01. The van der Waals surface area contributed by atoms with E-state index < -0.39 is 6.04 Å². The first-order valence-corrected chi connectivity index (χ1v) is 12.2. The van der Waals surface area contributed by atoms with Crippen LogP contribution in [0, 0.1) is 3.57 Å². The Balaban J connectivity index is 1.76. The third-order valence-corrected chi connectivity index (χ3v) is 6.47. The molecule has 1 saturated carbocycles. The highest BCUT2D eigenvalue weighted by molar-refractivity contribution is 14.1. The van der Waals surface area contributed by atoms with Crippen molar-refractivity contribution in [2.45, 2.75) is 57.7 Å². The molecule has 2 aromatic carbocycles. The van der Waals surface area contributed by atoms with Crippen molar-refractivity contribution >= 4 is 34.4 Å². The number of halogens is 1. The minimum absolute atomic E-state index is 0.0927. The third-order valence-electron chi connectivity index (χ3n) is 5.75. The van der Waals surface area contributed by atoms with E-state index in [0.29, 0.717) is 24.5 Å². The summed E-state index contributed by atoms with van der Waals surface area (Å²) in [6.07, 6.45) is 4.80. The lowest BCUT2D eigenvalue weighted by Crippen LogP contribution is -2.52. The Kier molecular flexibility index (Phi) is 9.20. The predicted octanol–water partition coefficient (Wildman–Crippen LogP) is 4.54. The van der Waals surface area contributed by atoms with Crippen LogP contribution < -0.4 is 14.8 Å². The monoisotopic (exact) mass is 550 g/mol. The Morgan fingerprint density at radius 2 is 1.84 bits per heavy atom. The summed E-state index contributed by atoms with van der Waals surface area (Å²) >= 11 is 2.22. The van der Waals surface area contributed by atoms with Gasteiger partial charge >= 0.3 is 0 Å². The lowest BCUT2D eigenvalue weighted by atomic mass is 10.1. The van der Waals surface area contributed by atoms with Gasteiger partial charge in [-0.15, -0.1) is 0 Å². The maximum atomic E-state index is 13.3. The van der Waals surface area contributed by atoms with Gasteiger partial charge in [0.2, 0.25) is 5.91 Å². The number of hydrogen-bond donors (Lipinski definition) is 1. The Morgan fingerprint density at radius 1 is 1.12 bits per heavy atom. The van der Waals surface area contributed by atoms with E-state index in [1.54, 1.807) is 12.0 Å². The first-order chi connectivity index (χ1) is 15.5. The average molecular weight is 550 g/mol. The maximum absolute atomic E-state index is 13.3. The summed E-state index contributed by atoms with van der Waals surface area (Å²) in [6, 6.07) is 14.8. The molecule has 0 bridgehead atoms. The largest absolute Gasteiger partial charge is 0.497 e. The van der Waals surface area contributed by atoms with Crippen LogP contribution in [-0.2, 0) is 16.1 Å². The highest BCUT2D eigenvalue weighted by Crippen LogP contribution is 2.21. The van der Waals surface area contributed by atoms with Gasteiger partial charge in [-0.25, -0.2) is 0 Å². The molecule has 0 aliphatic heterocycles. The van der Waals surface area contributed by atoms with E-state index in [-0.39, 0.29) is 24.5 Å². The SMILES string of the molecule is CC[C@@H](C(=O)NC1CCCC1)N(Cc1cccc(OC)c1)C(=O)COc1ccc(I)cc1. The van der Waals surface area contributed by atoms with E-state index in [1.165, 1.54) is 0 Å². The second-order valence-electron chi connectivity index (χ2n) is 8.03. The first kappa shape index (κ1) is 24.4. The number of benzene rings is 2. The number of hydrogen-bond acceptors (Lipinski definition) is 4. The number of nitrogens with zero attached hydrogens (tertiary/aromatic N) is 1. The molecule has 0 aromatic heterocycles. The Morgan fingerprint density at radius 3 is 2.50 bits per heavy atom. The van der Waals surface area contributed by atoms with Crippen molar-refractivity contribution in [1.29, 1.82) is 0 Å². The molecule has 2 amide bonds. The summed E-state index contributed by atoms with van der Waals surface area (Å²) in [4.78, 5) is 28.0. The number of ether oxygens (including phenoxy) is 2. The van der Waals surface area contributed by atoms with Gasteiger partial charge in [0.05, 0.1) is 7.11 Å². The summed E-state index contributed by atoms with van der Waals surface area (Å²) in [6.45, 7) is 2.12. The Labute approximate surface area is 203 Å². The molecule has 32 heavy (non-hydrogen) atoms. The Bertz CT molecular complexity index is 897. The average Bonchev–Trinajstić information content (AvgIpc) is 3.31. The molecular formula is C25H31IN2O4. The number of methoxy groups -OCH3 is 1. The van der Waals surface area contributed by atoms with Crippen molar-refractivity contribution < 1.29 is 19.1 Å². The van der Waals surface area contributed by atoms with Gasteiger partial charge in [-0.05, 0) is 83.8 Å². The van der Waals surface area contributed by atoms with E-state index >= 15 is 0 Å². The summed E-state index contributed by atoms with van der Waals surface area (Å²) < 4.78 is 12.2. The van der Waals surface area contributed by atoms with E-state index in [2.05, 4.69) is 27.9 Å². The standard InChI is InChI=1S/C25H31IN2O4/c1-3-23(25(30)27-20-8-4-5-9-20)28(16-18-7-6-10-22(15-18)31-2)24(29)17-32-21-13-11-19(26)12-14-21/h6-7,10-15,20,23H,3-5,8-9,16-17H2,1-2H3,(H,27,30)/t23-/m0/s1. The molecule has 7 heteroatoms. The molecule has 0 unspecified atom stereocenters. The van der Waals surface area contributed by atoms with Gasteiger partial charge in [-0.1, -0.05) is 31.9 Å². The van der Waals surface area contributed by atoms with Crippen LogP contribution in [0.15, 0.2) is 48.5 Å². The highest BCUT2D eigenvalue weighted by atomic mass is 127. The van der Waals surface area contributed by atoms with Crippen molar-refractivity contribution in [2.24, 2.45) is 0 Å². The van der Waals surface area contributed by atoms with Crippen LogP contribution in [0.1, 0.15) is 44.6 Å². The molecule has 1 aliphatic carbocycles. The van der Waals surface area contributed by atoms with E-state index in [0.717, 1.165) is 34.8 Å². The van der Waals surface area contributed by atoms with Gasteiger partial charge in [0, 0.05) is 16.2 Å². The zero-order valence-corrected chi connectivity index (χ0v) is 20.8. The smallest absolute Gasteiger partial charge is 0.261 e. The summed E-state index contributed by atoms with van der Waals surface area (Å²) in [5.74, 6) is 1.03. The maximum Gasteiger partial charge on any atom is 0.261 e. The van der Waals surface area contributed by atoms with Gasteiger partial charge in [0.25, 0.3) is 5.91 Å². The fraction of sp³-hybridized carbons (Fsp3) is 0.440. The van der Waals surface area contributed by atoms with Gasteiger partial charge in [-0.3, -0.25) is 9.59 Å². The number of nitrogens with one attached hydrogen (secondary N) is 1. The second-order valence-corrected chi connectivity index (χ2v) is 9.28. The molecule has 0 heterocycles. The molecule has 172 valence electrons. The number of carbonyl (C=O) groups is 2. The first-order valence-electron chi connectivity index (χ1n) is 11.1. The number of rotatable bonds is 10. The molecule has 1 aliphatic rings. The lowest BCUT2D eigenvalue weighted by molar-refractivity contribution is -0.143. The molecule has 2 aromatic rings. The molecule has 0 spiro atoms. The van der Waals surface area contributed by atoms with Gasteiger partial charge in [0.15, 0.2) is 6.61 Å². The number of carbonyl (C=O) groups excluding carboxylic acids is 2. The van der Waals surface area contributed by atoms with Crippen molar-refractivity contribution in [3.63, 3.8) is 0 Å². The van der Waals surface area contributed by atoms with E-state index in [1.807, 2.05) is 55.5 Å². The third kappa shape index (κ3) is 6.85. The zero-order valence-electron chi connectivity index (χ0n) is 18.7. The molecule has 3 rings (SSSR count). The van der Waals surface area contributed by atoms with E-state index in [4.69, 9.17) is 9.47 Å². The quantitative estimate of drug-likeness (QED) is 0.441. The zero-order chi connectivity index (χ0) is 22.9. The van der Waals surface area contributed by atoms with Crippen LogP contribution >= 0.6 is 22.6 Å². The summed E-state index contributed by atoms with van der Waals surface area (Å²) in [5.41, 5.74) is 0.902. The molecular weight excluding hydrogens is 519 g/mol. The summed E-state index contributed by atoms with van der Waals surface area (Å²) in [7, 11) is 1.61. The molecule has 1 N–H and O–H groups in total. The van der Waals surface area contributed by atoms with Crippen molar-refractivity contribution in [1.82, 2.24) is 10.2 Å². The van der Waals surface area contributed by atoms with Crippen LogP contribution in [0.2, 0.25) is 0 Å². The van der Waals surface area contributed by atoms with Crippen LogP contribution in [0.3, 0.4) is 0 Å². The second kappa shape index (κ2) is 12.1. The van der Waals surface area contributed by atoms with E-state index in [9.17, 15) is 9.59 Å². The van der Waals surface area contributed by atoms with Gasteiger partial charge < -0.3 is 19.7 Å². The predicted molar refractivity (Wildman–Crippen MR) is 133 cm³/mol. The van der Waals surface area contributed by atoms with Crippen LogP contribution in [-0.4, -0.2) is 42.5 Å². The minimum Gasteiger partial charge on any atom is -0.497 e. The van der Waals surface area contributed by atoms with Crippen LogP contribution in [0.25, 0.3) is 0 Å². The fourth-order valence-corrected chi connectivity index (χ4v) is 4.37. The molecule has 0 saturated heterocycles. The van der Waals surface area contributed by atoms with Gasteiger partial charge in [0.1, 0.15) is 17.5 Å². The van der Waals surface area contributed by atoms with Crippen molar-refractivity contribution in [3.05, 3.63) is 57.7 Å². The van der Waals surface area contributed by atoms with Crippen molar-refractivity contribution in [3.8, 4) is 11.5 Å². The Hall–Kier alpha value is -2.29. The topological polar surface area (TPSA) is 67.9 Å². The highest BCUT2D eigenvalue weighted by Gasteiger charge is 2.30. The minimum atomic E-state index is -0.561. The molecule has 1 atom stereocenters. The summed E-state index contributed by atoms with van der Waals surface area (Å²) in [5, 5.41) is 3.15. The molecule has 0 radical (unpaired) electrons. The van der Waals surface area contributed by atoms with Crippen molar-refractivity contribution in [2.75, 3.05) is 13.7 Å². The lowest BCUT2D eigenvalue weighted by Gasteiger charge is -2.31. The van der Waals surface area contributed by atoms with Gasteiger partial charge in [-0.2, -0.15) is 0 Å². The normalized spacial score (nSPS) is 14.6. The van der Waals surface area contributed by atoms with Crippen LogP contribution in [0.5, 0.6) is 11.5 Å². The number of amides is 2. The molecule has 6 nitrogen and oxygen atoms in total.